The molecule has 2 aliphatic heterocycles. The molecule has 0 aliphatic carbocycles. The number of carbonyl (C=O) groups excluding carboxylic acids is 3. The molecule has 1 atom stereocenters. The monoisotopic (exact) mass is 475 g/mol. The van der Waals surface area contributed by atoms with Crippen LogP contribution in [0.4, 0.5) is 5.69 Å². The Morgan fingerprint density at radius 2 is 1.66 bits per heavy atom. The average Bonchev–Trinajstić information content (AvgIpc) is 2.89. The topological polar surface area (TPSA) is 128 Å². The maximum absolute atomic E-state index is 13.5. The van der Waals surface area contributed by atoms with E-state index in [0.29, 0.717) is 29.9 Å². The second-order valence-corrected chi connectivity index (χ2v) is 8.69. The van der Waals surface area contributed by atoms with Crippen LogP contribution in [0.15, 0.2) is 53.3 Å². The van der Waals surface area contributed by atoms with Crippen LogP contribution in [0.3, 0.4) is 0 Å². The molecule has 10 nitrogen and oxygen atoms in total. The fourth-order valence-corrected chi connectivity index (χ4v) is 4.65. The summed E-state index contributed by atoms with van der Waals surface area (Å²) in [6.45, 7) is 0.917. The zero-order valence-corrected chi connectivity index (χ0v) is 19.1. The van der Waals surface area contributed by atoms with Gasteiger partial charge in [0.15, 0.2) is 11.8 Å². The number of amides is 3. The van der Waals surface area contributed by atoms with E-state index < -0.39 is 30.0 Å². The Kier molecular flexibility index (Phi) is 5.94. The van der Waals surface area contributed by atoms with Gasteiger partial charge in [0.2, 0.25) is 5.91 Å². The molecule has 10 heteroatoms. The lowest BCUT2D eigenvalue weighted by Crippen LogP contribution is -2.53. The van der Waals surface area contributed by atoms with E-state index in [1.807, 2.05) is 0 Å². The highest BCUT2D eigenvalue weighted by Gasteiger charge is 2.36. The van der Waals surface area contributed by atoms with Crippen molar-refractivity contribution in [1.82, 2.24) is 14.7 Å². The molecule has 3 heterocycles. The number of nitrogens with zero attached hydrogens (tertiary/aromatic N) is 4. The van der Waals surface area contributed by atoms with Crippen LogP contribution in [-0.4, -0.2) is 58.1 Å². The number of likely N-dealkylation sites (tertiary alicyclic amines) is 1. The first-order valence-corrected chi connectivity index (χ1v) is 11.6. The number of hydrogen-bond donors (Lipinski definition) is 1. The van der Waals surface area contributed by atoms with E-state index in [1.54, 1.807) is 53.4 Å². The summed E-state index contributed by atoms with van der Waals surface area (Å²) in [6.07, 6.45) is 2.12. The van der Waals surface area contributed by atoms with Gasteiger partial charge in [-0.3, -0.25) is 19.2 Å². The van der Waals surface area contributed by atoms with Gasteiger partial charge in [-0.2, -0.15) is 5.10 Å². The van der Waals surface area contributed by atoms with Crippen molar-refractivity contribution in [3.8, 4) is 5.75 Å². The molecule has 0 radical (unpaired) electrons. The number of primary amides is 1. The molecule has 2 aliphatic rings. The third kappa shape index (κ3) is 4.23. The standard InChI is InChI=1S/C25H25N5O5/c26-23(32)22-16-8-2-3-9-17(16)24(33)30(27-22)15-21(31)29-14-20(25(34)28-12-6-1-7-13-28)35-19-11-5-4-10-18(19)29/h2-5,8-11,20H,1,6-7,12-15H2,(H2,26,32). The number of anilines is 1. The second-order valence-electron chi connectivity index (χ2n) is 8.69. The lowest BCUT2D eigenvalue weighted by molar-refractivity contribution is -0.139. The van der Waals surface area contributed by atoms with Crippen molar-refractivity contribution in [2.75, 3.05) is 24.5 Å². The molecule has 0 bridgehead atoms. The first-order valence-electron chi connectivity index (χ1n) is 11.6. The maximum atomic E-state index is 13.5. The summed E-state index contributed by atoms with van der Waals surface area (Å²) >= 11 is 0. The molecule has 3 aromatic rings. The molecule has 1 fully saturated rings. The van der Waals surface area contributed by atoms with E-state index in [-0.39, 0.29) is 23.5 Å². The van der Waals surface area contributed by atoms with Crippen LogP contribution in [0.25, 0.3) is 10.8 Å². The molecule has 0 spiro atoms. The number of carbonyl (C=O) groups is 3. The second kappa shape index (κ2) is 9.21. The van der Waals surface area contributed by atoms with Crippen molar-refractivity contribution >= 4 is 34.2 Å². The van der Waals surface area contributed by atoms with Gasteiger partial charge in [-0.05, 0) is 37.5 Å². The number of benzene rings is 2. The van der Waals surface area contributed by atoms with E-state index in [4.69, 9.17) is 10.5 Å². The van der Waals surface area contributed by atoms with Crippen LogP contribution in [0, 0.1) is 0 Å². The van der Waals surface area contributed by atoms with Crippen LogP contribution in [0.2, 0.25) is 0 Å². The minimum atomic E-state index is -0.852. The zero-order valence-electron chi connectivity index (χ0n) is 19.1. The summed E-state index contributed by atoms with van der Waals surface area (Å²) in [5, 5.41) is 4.67. The number of piperidine rings is 1. The average molecular weight is 476 g/mol. The molecule has 35 heavy (non-hydrogen) atoms. The third-order valence-corrected chi connectivity index (χ3v) is 6.40. The Morgan fingerprint density at radius 3 is 2.40 bits per heavy atom. The summed E-state index contributed by atoms with van der Waals surface area (Å²) in [6, 6.07) is 13.4. The van der Waals surface area contributed by atoms with Gasteiger partial charge in [-0.25, -0.2) is 4.68 Å². The van der Waals surface area contributed by atoms with Crippen LogP contribution >= 0.6 is 0 Å². The zero-order chi connectivity index (χ0) is 24.5. The molecular formula is C25H25N5O5. The quantitative estimate of drug-likeness (QED) is 0.606. The van der Waals surface area contributed by atoms with Gasteiger partial charge in [-0.15, -0.1) is 0 Å². The molecule has 2 N–H and O–H groups in total. The Labute approximate surface area is 200 Å². The van der Waals surface area contributed by atoms with Gasteiger partial charge in [0.25, 0.3) is 17.4 Å². The molecule has 2 aromatic carbocycles. The van der Waals surface area contributed by atoms with Crippen molar-refractivity contribution in [2.45, 2.75) is 31.9 Å². The predicted molar refractivity (Wildman–Crippen MR) is 128 cm³/mol. The Hall–Kier alpha value is -4.21. The van der Waals surface area contributed by atoms with Crippen molar-refractivity contribution in [1.29, 1.82) is 0 Å². The van der Waals surface area contributed by atoms with E-state index in [2.05, 4.69) is 5.10 Å². The van der Waals surface area contributed by atoms with E-state index in [1.165, 1.54) is 4.90 Å². The van der Waals surface area contributed by atoms with Gasteiger partial charge in [-0.1, -0.05) is 30.3 Å². The number of ether oxygens (including phenoxy) is 1. The molecule has 180 valence electrons. The number of aromatic nitrogens is 2. The van der Waals surface area contributed by atoms with E-state index >= 15 is 0 Å². The molecule has 1 aromatic heterocycles. The molecule has 3 amide bonds. The number of fused-ring (bicyclic) bond motifs is 2. The first kappa shape index (κ1) is 22.6. The van der Waals surface area contributed by atoms with Crippen molar-refractivity contribution in [2.24, 2.45) is 5.73 Å². The Balaban J connectivity index is 1.47. The van der Waals surface area contributed by atoms with Crippen molar-refractivity contribution in [3.05, 3.63) is 64.6 Å². The summed E-state index contributed by atoms with van der Waals surface area (Å²) < 4.78 is 6.93. The van der Waals surface area contributed by atoms with Gasteiger partial charge in [0.05, 0.1) is 17.6 Å². The van der Waals surface area contributed by atoms with Gasteiger partial charge >= 0.3 is 0 Å². The molecule has 5 rings (SSSR count). The highest BCUT2D eigenvalue weighted by atomic mass is 16.5. The molecule has 0 saturated carbocycles. The smallest absolute Gasteiger partial charge is 0.275 e. The van der Waals surface area contributed by atoms with E-state index in [9.17, 15) is 19.2 Å². The van der Waals surface area contributed by atoms with Gasteiger partial charge in [0, 0.05) is 18.5 Å². The number of nitrogens with two attached hydrogens (primary N) is 1. The van der Waals surface area contributed by atoms with Gasteiger partial charge < -0.3 is 20.3 Å². The van der Waals surface area contributed by atoms with Crippen LogP contribution in [0.5, 0.6) is 5.75 Å². The highest BCUT2D eigenvalue weighted by molar-refractivity contribution is 6.04. The van der Waals surface area contributed by atoms with Crippen LogP contribution in [-0.2, 0) is 16.1 Å². The summed E-state index contributed by atoms with van der Waals surface area (Å²) in [5.41, 5.74) is 5.39. The first-order chi connectivity index (χ1) is 16.9. The van der Waals surface area contributed by atoms with E-state index in [0.717, 1.165) is 23.9 Å². The maximum Gasteiger partial charge on any atom is 0.275 e. The lowest BCUT2D eigenvalue weighted by atomic mass is 10.1. The van der Waals surface area contributed by atoms with Crippen molar-refractivity contribution < 1.29 is 19.1 Å². The summed E-state index contributed by atoms with van der Waals surface area (Å²) in [4.78, 5) is 54.9. The molecular weight excluding hydrogens is 450 g/mol. The van der Waals surface area contributed by atoms with Gasteiger partial charge in [0.1, 0.15) is 12.3 Å². The fourth-order valence-electron chi connectivity index (χ4n) is 4.65. The number of hydrogen-bond acceptors (Lipinski definition) is 6. The SMILES string of the molecule is NC(=O)c1nn(CC(=O)N2CC(C(=O)N3CCCCC3)Oc3ccccc32)c(=O)c2ccccc12. The van der Waals surface area contributed by atoms with Crippen molar-refractivity contribution in [3.63, 3.8) is 0 Å². The Bertz CT molecular complexity index is 1380. The predicted octanol–water partition coefficient (Wildman–Crippen LogP) is 1.30. The van der Waals surface area contributed by atoms with Crippen LogP contribution in [0.1, 0.15) is 29.8 Å². The fraction of sp³-hybridized carbons (Fsp3) is 0.320. The largest absolute Gasteiger partial charge is 0.476 e. The number of para-hydroxylation sites is 2. The molecule has 1 saturated heterocycles. The number of rotatable bonds is 4. The summed E-state index contributed by atoms with van der Waals surface area (Å²) in [5.74, 6) is -1.00. The third-order valence-electron chi connectivity index (χ3n) is 6.40. The molecule has 1 unspecified atom stereocenters. The normalized spacial score (nSPS) is 17.5. The van der Waals surface area contributed by atoms with Crippen LogP contribution < -0.4 is 20.9 Å². The highest BCUT2D eigenvalue weighted by Crippen LogP contribution is 2.34. The minimum Gasteiger partial charge on any atom is -0.476 e. The minimum absolute atomic E-state index is 0.0101. The summed E-state index contributed by atoms with van der Waals surface area (Å²) in [7, 11) is 0. The Morgan fingerprint density at radius 1 is 0.971 bits per heavy atom. The lowest BCUT2D eigenvalue weighted by Gasteiger charge is -2.37.